The molecule has 0 aliphatic rings. The molecule has 110 valence electrons. The van der Waals surface area contributed by atoms with Crippen molar-refractivity contribution in [3.05, 3.63) is 91.6 Å². The molecular weight excluding hydrogens is 288 g/mol. The van der Waals surface area contributed by atoms with E-state index in [1.54, 1.807) is 30.3 Å². The van der Waals surface area contributed by atoms with Crippen LogP contribution in [0.15, 0.2) is 60.3 Å². The number of Topliss-reactive ketones (excluding diaryl/α,β-unsaturated/α-hetero) is 1. The van der Waals surface area contributed by atoms with Crippen LogP contribution in [-0.2, 0) is 0 Å². The standard InChI is InChI=1S/C15H10N2O5/c18-15(12-8-4-5-9-13(12)16(19)20)14(17(21)22)10-11-6-2-1-3-7-11/h1-10H. The first-order chi connectivity index (χ1) is 10.5. The minimum Gasteiger partial charge on any atom is -0.281 e. The van der Waals surface area contributed by atoms with Crippen LogP contribution in [0.25, 0.3) is 6.08 Å². The molecule has 0 aliphatic heterocycles. The van der Waals surface area contributed by atoms with Crippen LogP contribution < -0.4 is 0 Å². The number of para-hydroxylation sites is 1. The van der Waals surface area contributed by atoms with Crippen LogP contribution >= 0.6 is 0 Å². The largest absolute Gasteiger partial charge is 0.317 e. The van der Waals surface area contributed by atoms with Crippen molar-refractivity contribution in [3.8, 4) is 0 Å². The Hall–Kier alpha value is -3.35. The van der Waals surface area contributed by atoms with Crippen LogP contribution in [0.5, 0.6) is 0 Å². The van der Waals surface area contributed by atoms with E-state index in [2.05, 4.69) is 0 Å². The lowest BCUT2D eigenvalue weighted by molar-refractivity contribution is -0.415. The highest BCUT2D eigenvalue weighted by Gasteiger charge is 2.29. The summed E-state index contributed by atoms with van der Waals surface area (Å²) in [5.74, 6) is -0.999. The summed E-state index contributed by atoms with van der Waals surface area (Å²) in [6.07, 6.45) is 1.10. The molecule has 7 heteroatoms. The van der Waals surface area contributed by atoms with E-state index in [0.29, 0.717) is 5.56 Å². The lowest BCUT2D eigenvalue weighted by Gasteiger charge is -2.01. The van der Waals surface area contributed by atoms with Crippen LogP contribution in [0.2, 0.25) is 0 Å². The van der Waals surface area contributed by atoms with E-state index in [0.717, 1.165) is 12.1 Å². The number of hydrogen-bond acceptors (Lipinski definition) is 5. The zero-order chi connectivity index (χ0) is 16.1. The molecule has 22 heavy (non-hydrogen) atoms. The summed E-state index contributed by atoms with van der Waals surface area (Å²) in [6.45, 7) is 0. The highest BCUT2D eigenvalue weighted by atomic mass is 16.6. The van der Waals surface area contributed by atoms with Gasteiger partial charge in [-0.15, -0.1) is 0 Å². The molecular formula is C15H10N2O5. The number of ketones is 1. The molecule has 2 aromatic rings. The van der Waals surface area contributed by atoms with Gasteiger partial charge in [0, 0.05) is 12.1 Å². The number of nitrogens with zero attached hydrogens (tertiary/aromatic N) is 2. The van der Waals surface area contributed by atoms with Gasteiger partial charge in [0.15, 0.2) is 0 Å². The summed E-state index contributed by atoms with van der Waals surface area (Å²) >= 11 is 0. The third kappa shape index (κ3) is 3.21. The van der Waals surface area contributed by atoms with Gasteiger partial charge in [-0.25, -0.2) is 0 Å². The first-order valence-electron chi connectivity index (χ1n) is 6.20. The predicted molar refractivity (Wildman–Crippen MR) is 78.8 cm³/mol. The van der Waals surface area contributed by atoms with Crippen molar-refractivity contribution in [2.75, 3.05) is 0 Å². The lowest BCUT2D eigenvalue weighted by Crippen LogP contribution is -2.13. The van der Waals surface area contributed by atoms with Gasteiger partial charge in [0.05, 0.1) is 9.85 Å². The predicted octanol–water partition coefficient (Wildman–Crippen LogP) is 3.10. The second-order valence-electron chi connectivity index (χ2n) is 4.30. The summed E-state index contributed by atoms with van der Waals surface area (Å²) in [4.78, 5) is 32.8. The van der Waals surface area contributed by atoms with E-state index < -0.39 is 27.0 Å². The summed E-state index contributed by atoms with van der Waals surface area (Å²) < 4.78 is 0. The summed E-state index contributed by atoms with van der Waals surface area (Å²) in [7, 11) is 0. The molecule has 0 amide bonds. The number of hydrogen-bond donors (Lipinski definition) is 0. The van der Waals surface area contributed by atoms with Gasteiger partial charge in [0.2, 0.25) is 0 Å². The molecule has 2 aromatic carbocycles. The van der Waals surface area contributed by atoms with Gasteiger partial charge >= 0.3 is 5.70 Å². The Morgan fingerprint density at radius 1 is 0.909 bits per heavy atom. The van der Waals surface area contributed by atoms with Gasteiger partial charge in [-0.1, -0.05) is 42.5 Å². The van der Waals surface area contributed by atoms with Crippen LogP contribution in [-0.4, -0.2) is 15.6 Å². The molecule has 0 atom stereocenters. The van der Waals surface area contributed by atoms with Crippen LogP contribution in [0, 0.1) is 20.2 Å². The molecule has 2 rings (SSSR count). The van der Waals surface area contributed by atoms with Gasteiger partial charge in [0.1, 0.15) is 5.56 Å². The Kier molecular flexibility index (Phi) is 4.38. The third-order valence-electron chi connectivity index (χ3n) is 2.88. The van der Waals surface area contributed by atoms with Crippen LogP contribution in [0.1, 0.15) is 15.9 Å². The molecule has 0 fully saturated rings. The monoisotopic (exact) mass is 298 g/mol. The fourth-order valence-electron chi connectivity index (χ4n) is 1.87. The number of nitro groups is 2. The molecule has 0 unspecified atom stereocenters. The number of benzene rings is 2. The quantitative estimate of drug-likeness (QED) is 0.365. The molecule has 0 aliphatic carbocycles. The Labute approximate surface area is 124 Å². The average Bonchev–Trinajstić information content (AvgIpc) is 2.52. The molecule has 0 N–H and O–H groups in total. The first-order valence-corrected chi connectivity index (χ1v) is 6.20. The van der Waals surface area contributed by atoms with E-state index in [4.69, 9.17) is 0 Å². The average molecular weight is 298 g/mol. The fourth-order valence-corrected chi connectivity index (χ4v) is 1.87. The number of carbonyl (C=O) groups excluding carboxylic acids is 1. The zero-order valence-corrected chi connectivity index (χ0v) is 11.2. The van der Waals surface area contributed by atoms with E-state index in [9.17, 15) is 25.0 Å². The van der Waals surface area contributed by atoms with Crippen LogP contribution in [0.3, 0.4) is 0 Å². The van der Waals surface area contributed by atoms with Gasteiger partial charge in [-0.3, -0.25) is 25.0 Å². The third-order valence-corrected chi connectivity index (χ3v) is 2.88. The van der Waals surface area contributed by atoms with Crippen molar-refractivity contribution in [2.45, 2.75) is 0 Å². The molecule has 0 bridgehead atoms. The second-order valence-corrected chi connectivity index (χ2v) is 4.30. The lowest BCUT2D eigenvalue weighted by atomic mass is 10.0. The zero-order valence-electron chi connectivity index (χ0n) is 11.2. The molecule has 0 saturated heterocycles. The molecule has 7 nitrogen and oxygen atoms in total. The number of carbonyl (C=O) groups is 1. The molecule has 0 saturated carbocycles. The van der Waals surface area contributed by atoms with Crippen molar-refractivity contribution in [2.24, 2.45) is 0 Å². The van der Waals surface area contributed by atoms with Crippen molar-refractivity contribution in [1.82, 2.24) is 0 Å². The van der Waals surface area contributed by atoms with Crippen molar-refractivity contribution >= 4 is 17.5 Å². The maximum absolute atomic E-state index is 12.3. The minimum atomic E-state index is -0.999. The first kappa shape index (κ1) is 15.0. The topological polar surface area (TPSA) is 103 Å². The van der Waals surface area contributed by atoms with Gasteiger partial charge in [-0.2, -0.15) is 0 Å². The van der Waals surface area contributed by atoms with Crippen LogP contribution in [0.4, 0.5) is 5.69 Å². The number of nitro benzene ring substituents is 1. The minimum absolute atomic E-state index is 0.314. The number of rotatable bonds is 5. The van der Waals surface area contributed by atoms with E-state index >= 15 is 0 Å². The normalized spacial score (nSPS) is 11.0. The van der Waals surface area contributed by atoms with Crippen molar-refractivity contribution in [1.29, 1.82) is 0 Å². The number of allylic oxidation sites excluding steroid dienone is 1. The second kappa shape index (κ2) is 6.40. The van der Waals surface area contributed by atoms with Crippen molar-refractivity contribution in [3.63, 3.8) is 0 Å². The van der Waals surface area contributed by atoms with Gasteiger partial charge in [0.25, 0.3) is 11.5 Å². The summed E-state index contributed by atoms with van der Waals surface area (Å²) in [5.41, 5.74) is -1.04. The highest BCUT2D eigenvalue weighted by molar-refractivity contribution is 6.11. The van der Waals surface area contributed by atoms with Gasteiger partial charge in [-0.05, 0) is 11.6 Å². The van der Waals surface area contributed by atoms with E-state index in [1.807, 2.05) is 0 Å². The highest BCUT2D eigenvalue weighted by Crippen LogP contribution is 2.22. The molecule has 0 heterocycles. The Morgan fingerprint density at radius 3 is 2.09 bits per heavy atom. The summed E-state index contributed by atoms with van der Waals surface area (Å²) in [6, 6.07) is 13.4. The maximum Gasteiger partial charge on any atom is 0.317 e. The molecule has 0 spiro atoms. The SMILES string of the molecule is O=C(C(=Cc1ccccc1)[N+](=O)[O-])c1ccccc1[N+](=O)[O-]. The Morgan fingerprint density at radius 2 is 1.50 bits per heavy atom. The molecule has 0 radical (unpaired) electrons. The smallest absolute Gasteiger partial charge is 0.281 e. The van der Waals surface area contributed by atoms with Crippen molar-refractivity contribution < 1.29 is 14.6 Å². The Bertz CT molecular complexity index is 769. The maximum atomic E-state index is 12.3. The van der Waals surface area contributed by atoms with E-state index in [-0.39, 0.29) is 5.56 Å². The molecule has 0 aromatic heterocycles. The summed E-state index contributed by atoms with van der Waals surface area (Å²) in [5, 5.41) is 22.1. The van der Waals surface area contributed by atoms with E-state index in [1.165, 1.54) is 18.2 Å². The fraction of sp³-hybridized carbons (Fsp3) is 0. The van der Waals surface area contributed by atoms with Gasteiger partial charge < -0.3 is 0 Å². The Balaban J connectivity index is 2.51.